The number of amides is 1. The molecule has 3 heteroatoms. The van der Waals surface area contributed by atoms with Crippen LogP contribution in [0.15, 0.2) is 23.9 Å². The second-order valence-electron chi connectivity index (χ2n) is 4.38. The van der Waals surface area contributed by atoms with Crippen LogP contribution in [-0.2, 0) is 4.79 Å². The van der Waals surface area contributed by atoms with Crippen LogP contribution >= 0.6 is 0 Å². The molecule has 0 saturated heterocycles. The summed E-state index contributed by atoms with van der Waals surface area (Å²) in [5, 5.41) is 6.13. The first kappa shape index (κ1) is 10.3. The Labute approximate surface area is 90.6 Å². The maximum atomic E-state index is 11.8. The molecule has 0 bridgehead atoms. The normalized spacial score (nSPS) is 25.9. The van der Waals surface area contributed by atoms with Gasteiger partial charge in [-0.05, 0) is 43.7 Å². The van der Waals surface area contributed by atoms with Gasteiger partial charge in [0.05, 0.1) is 0 Å². The van der Waals surface area contributed by atoms with Crippen molar-refractivity contribution in [2.75, 3.05) is 0 Å². The molecule has 3 nitrogen and oxygen atoms in total. The zero-order valence-electron chi connectivity index (χ0n) is 9.12. The predicted molar refractivity (Wildman–Crippen MR) is 59.9 cm³/mol. The van der Waals surface area contributed by atoms with E-state index in [4.69, 9.17) is 0 Å². The molecule has 1 amide bonds. The highest BCUT2D eigenvalue weighted by Crippen LogP contribution is 2.24. The lowest BCUT2D eigenvalue weighted by molar-refractivity contribution is -0.125. The summed E-state index contributed by atoms with van der Waals surface area (Å²) < 4.78 is 0. The number of nitrogens with one attached hydrogen (secondary N) is 2. The fraction of sp³-hybridized carbons (Fsp3) is 0.583. The SMILES string of the molecule is CC1=CC(NC(=O)C2CCCC2)NC=C1. The summed E-state index contributed by atoms with van der Waals surface area (Å²) in [6.07, 6.45) is 10.4. The largest absolute Gasteiger partial charge is 0.368 e. The Balaban J connectivity index is 1.86. The van der Waals surface area contributed by atoms with Crippen molar-refractivity contribution in [2.45, 2.75) is 38.8 Å². The lowest BCUT2D eigenvalue weighted by atomic mass is 10.1. The minimum atomic E-state index is -0.0249. The van der Waals surface area contributed by atoms with E-state index >= 15 is 0 Å². The topological polar surface area (TPSA) is 41.1 Å². The first-order valence-electron chi connectivity index (χ1n) is 5.67. The van der Waals surface area contributed by atoms with Crippen molar-refractivity contribution in [1.29, 1.82) is 0 Å². The molecule has 1 fully saturated rings. The van der Waals surface area contributed by atoms with Gasteiger partial charge in [0.1, 0.15) is 6.17 Å². The van der Waals surface area contributed by atoms with Crippen molar-refractivity contribution >= 4 is 5.91 Å². The molecule has 0 spiro atoms. The van der Waals surface area contributed by atoms with E-state index in [2.05, 4.69) is 10.6 Å². The lowest BCUT2D eigenvalue weighted by Gasteiger charge is -2.21. The minimum absolute atomic E-state index is 0.0249. The Hall–Kier alpha value is -1.25. The number of allylic oxidation sites excluding steroid dienone is 2. The molecule has 15 heavy (non-hydrogen) atoms. The molecule has 0 aromatic rings. The van der Waals surface area contributed by atoms with Gasteiger partial charge in [0.2, 0.25) is 5.91 Å². The molecule has 1 atom stereocenters. The highest BCUT2D eigenvalue weighted by molar-refractivity contribution is 5.79. The molecule has 2 aliphatic rings. The third-order valence-corrected chi connectivity index (χ3v) is 3.08. The van der Waals surface area contributed by atoms with Gasteiger partial charge in [-0.3, -0.25) is 4.79 Å². The first-order chi connectivity index (χ1) is 7.25. The van der Waals surface area contributed by atoms with Gasteiger partial charge in [-0.15, -0.1) is 0 Å². The summed E-state index contributed by atoms with van der Waals surface area (Å²) in [6.45, 7) is 2.03. The van der Waals surface area contributed by atoms with Gasteiger partial charge < -0.3 is 10.6 Å². The third-order valence-electron chi connectivity index (χ3n) is 3.08. The van der Waals surface area contributed by atoms with E-state index < -0.39 is 0 Å². The lowest BCUT2D eigenvalue weighted by Crippen LogP contribution is -2.45. The van der Waals surface area contributed by atoms with Crippen molar-refractivity contribution in [1.82, 2.24) is 10.6 Å². The van der Waals surface area contributed by atoms with Crippen LogP contribution in [0.5, 0.6) is 0 Å². The van der Waals surface area contributed by atoms with Crippen molar-refractivity contribution in [2.24, 2.45) is 5.92 Å². The van der Waals surface area contributed by atoms with Gasteiger partial charge in [0, 0.05) is 5.92 Å². The monoisotopic (exact) mass is 206 g/mol. The Morgan fingerprint density at radius 3 is 2.87 bits per heavy atom. The highest BCUT2D eigenvalue weighted by atomic mass is 16.2. The molecule has 0 aromatic heterocycles. The zero-order chi connectivity index (χ0) is 10.7. The summed E-state index contributed by atoms with van der Waals surface area (Å²) in [6, 6.07) is 0. The number of dihydropyridines is 1. The van der Waals surface area contributed by atoms with Gasteiger partial charge >= 0.3 is 0 Å². The molecular weight excluding hydrogens is 188 g/mol. The van der Waals surface area contributed by atoms with Crippen LogP contribution in [0.1, 0.15) is 32.6 Å². The van der Waals surface area contributed by atoms with Gasteiger partial charge in [-0.25, -0.2) is 0 Å². The fourth-order valence-electron chi connectivity index (χ4n) is 2.19. The van der Waals surface area contributed by atoms with E-state index in [1.54, 1.807) is 0 Å². The molecule has 1 aliphatic heterocycles. The molecule has 82 valence electrons. The molecular formula is C12H18N2O. The van der Waals surface area contributed by atoms with Crippen molar-refractivity contribution in [3.05, 3.63) is 23.9 Å². The van der Waals surface area contributed by atoms with Crippen LogP contribution < -0.4 is 10.6 Å². The quantitative estimate of drug-likeness (QED) is 0.721. The summed E-state index contributed by atoms with van der Waals surface area (Å²) >= 11 is 0. The smallest absolute Gasteiger partial charge is 0.224 e. The maximum absolute atomic E-state index is 11.8. The Morgan fingerprint density at radius 2 is 2.20 bits per heavy atom. The maximum Gasteiger partial charge on any atom is 0.224 e. The predicted octanol–water partition coefficient (Wildman–Crippen LogP) is 1.68. The van der Waals surface area contributed by atoms with E-state index in [9.17, 15) is 4.79 Å². The van der Waals surface area contributed by atoms with Crippen LogP contribution in [-0.4, -0.2) is 12.1 Å². The molecule has 1 saturated carbocycles. The number of rotatable bonds is 2. The molecule has 0 aromatic carbocycles. The molecule has 2 rings (SSSR count). The summed E-state index contributed by atoms with van der Waals surface area (Å²) in [7, 11) is 0. The average Bonchev–Trinajstić information content (AvgIpc) is 2.70. The summed E-state index contributed by atoms with van der Waals surface area (Å²) in [5.41, 5.74) is 1.19. The van der Waals surface area contributed by atoms with Gasteiger partial charge in [-0.2, -0.15) is 0 Å². The van der Waals surface area contributed by atoms with Crippen molar-refractivity contribution in [3.63, 3.8) is 0 Å². The van der Waals surface area contributed by atoms with E-state index in [0.717, 1.165) is 12.8 Å². The number of hydrogen-bond acceptors (Lipinski definition) is 2. The van der Waals surface area contributed by atoms with Crippen molar-refractivity contribution in [3.8, 4) is 0 Å². The number of carbonyl (C=O) groups is 1. The Morgan fingerprint density at radius 1 is 1.47 bits per heavy atom. The second kappa shape index (κ2) is 4.51. The zero-order valence-corrected chi connectivity index (χ0v) is 9.12. The van der Waals surface area contributed by atoms with E-state index in [1.165, 1.54) is 18.4 Å². The van der Waals surface area contributed by atoms with Gasteiger partial charge in [0.25, 0.3) is 0 Å². The van der Waals surface area contributed by atoms with Crippen molar-refractivity contribution < 1.29 is 4.79 Å². The van der Waals surface area contributed by atoms with Gasteiger partial charge in [-0.1, -0.05) is 12.8 Å². The van der Waals surface area contributed by atoms with Crippen LogP contribution in [0.25, 0.3) is 0 Å². The standard InChI is InChI=1S/C12H18N2O/c1-9-6-7-13-11(8-9)14-12(15)10-4-2-3-5-10/h6-8,10-11,13H,2-5H2,1H3,(H,14,15). The van der Waals surface area contributed by atoms with Crippen LogP contribution in [0, 0.1) is 5.92 Å². The second-order valence-corrected chi connectivity index (χ2v) is 4.38. The summed E-state index contributed by atoms with van der Waals surface area (Å²) in [4.78, 5) is 11.8. The molecule has 2 N–H and O–H groups in total. The van der Waals surface area contributed by atoms with E-state index in [1.807, 2.05) is 25.3 Å². The molecule has 1 heterocycles. The number of hydrogen-bond donors (Lipinski definition) is 2. The molecule has 1 aliphatic carbocycles. The third kappa shape index (κ3) is 2.61. The first-order valence-corrected chi connectivity index (χ1v) is 5.67. The van der Waals surface area contributed by atoms with Crippen LogP contribution in [0.3, 0.4) is 0 Å². The molecule has 1 unspecified atom stereocenters. The molecule has 0 radical (unpaired) electrons. The van der Waals surface area contributed by atoms with Gasteiger partial charge in [0.15, 0.2) is 0 Å². The number of carbonyl (C=O) groups excluding carboxylic acids is 1. The summed E-state index contributed by atoms with van der Waals surface area (Å²) in [5.74, 6) is 0.441. The van der Waals surface area contributed by atoms with E-state index in [0.29, 0.717) is 0 Å². The van der Waals surface area contributed by atoms with E-state index in [-0.39, 0.29) is 18.0 Å². The Kier molecular flexibility index (Phi) is 3.09. The Bertz CT molecular complexity index is 301. The highest BCUT2D eigenvalue weighted by Gasteiger charge is 2.23. The average molecular weight is 206 g/mol. The van der Waals surface area contributed by atoms with Crippen LogP contribution in [0.2, 0.25) is 0 Å². The fourth-order valence-corrected chi connectivity index (χ4v) is 2.19. The minimum Gasteiger partial charge on any atom is -0.368 e. The van der Waals surface area contributed by atoms with Crippen LogP contribution in [0.4, 0.5) is 0 Å².